The lowest BCUT2D eigenvalue weighted by molar-refractivity contribution is -0.137. The minimum Gasteiger partial charge on any atom is -0.352 e. The molecule has 3 rings (SSSR count). The molecule has 0 aliphatic heterocycles. The van der Waals surface area contributed by atoms with Crippen molar-refractivity contribution in [3.05, 3.63) is 89.2 Å². The van der Waals surface area contributed by atoms with Crippen LogP contribution in [-0.2, 0) is 19.3 Å². The van der Waals surface area contributed by atoms with Crippen LogP contribution in [0.4, 0.5) is 13.2 Å². The summed E-state index contributed by atoms with van der Waals surface area (Å²) in [5.74, 6) is 6.11. The van der Waals surface area contributed by atoms with Crippen molar-refractivity contribution < 1.29 is 13.2 Å². The number of nitrogens with zero attached hydrogens (tertiary/aromatic N) is 3. The van der Waals surface area contributed by atoms with Crippen molar-refractivity contribution in [1.82, 2.24) is 20.4 Å². The lowest BCUT2D eigenvalue weighted by atomic mass is 10.1. The first-order chi connectivity index (χ1) is 15.0. The molecular formula is C23H23F3IN5. The highest BCUT2D eigenvalue weighted by molar-refractivity contribution is 14.0. The van der Waals surface area contributed by atoms with Crippen LogP contribution in [0.2, 0.25) is 0 Å². The fourth-order valence-corrected chi connectivity index (χ4v) is 2.90. The Morgan fingerprint density at radius 3 is 2.53 bits per heavy atom. The zero-order valence-corrected chi connectivity index (χ0v) is 19.7. The zero-order chi connectivity index (χ0) is 22.1. The van der Waals surface area contributed by atoms with Gasteiger partial charge < -0.3 is 10.6 Å². The summed E-state index contributed by atoms with van der Waals surface area (Å²) in [5.41, 5.74) is 1.85. The molecule has 0 spiro atoms. The molecule has 3 aromatic rings. The van der Waals surface area contributed by atoms with Gasteiger partial charge >= 0.3 is 6.18 Å². The third kappa shape index (κ3) is 7.60. The Bertz CT molecular complexity index is 1080. The van der Waals surface area contributed by atoms with Crippen LogP contribution < -0.4 is 10.6 Å². The predicted octanol–water partition coefficient (Wildman–Crippen LogP) is 4.28. The SMILES string of the molecule is CN=C(NCC#Cc1cccc(C(F)(F)F)c1)NCc1ccccc1Cn1cccn1.I. The highest BCUT2D eigenvalue weighted by Gasteiger charge is 2.30. The van der Waals surface area contributed by atoms with Crippen LogP contribution in [0.5, 0.6) is 0 Å². The Kier molecular flexibility index (Phi) is 9.59. The topological polar surface area (TPSA) is 54.2 Å². The second-order valence-corrected chi connectivity index (χ2v) is 6.63. The summed E-state index contributed by atoms with van der Waals surface area (Å²) in [6, 6.07) is 14.9. The second kappa shape index (κ2) is 12.1. The Hall–Kier alpha value is -3.00. The van der Waals surface area contributed by atoms with Gasteiger partial charge in [-0.15, -0.1) is 24.0 Å². The summed E-state index contributed by atoms with van der Waals surface area (Å²) in [7, 11) is 1.64. The van der Waals surface area contributed by atoms with Crippen molar-refractivity contribution in [1.29, 1.82) is 0 Å². The molecule has 0 aliphatic rings. The molecule has 0 amide bonds. The van der Waals surface area contributed by atoms with Gasteiger partial charge in [0.1, 0.15) is 0 Å². The van der Waals surface area contributed by atoms with E-state index in [0.29, 0.717) is 24.6 Å². The van der Waals surface area contributed by atoms with Gasteiger partial charge in [0, 0.05) is 31.5 Å². The van der Waals surface area contributed by atoms with Gasteiger partial charge in [0.25, 0.3) is 0 Å². The van der Waals surface area contributed by atoms with Gasteiger partial charge in [-0.25, -0.2) is 0 Å². The Balaban J connectivity index is 0.00000363. The van der Waals surface area contributed by atoms with Crippen molar-refractivity contribution in [2.45, 2.75) is 19.3 Å². The third-order valence-electron chi connectivity index (χ3n) is 4.45. The van der Waals surface area contributed by atoms with E-state index in [1.165, 1.54) is 6.07 Å². The van der Waals surface area contributed by atoms with Gasteiger partial charge in [-0.1, -0.05) is 42.2 Å². The van der Waals surface area contributed by atoms with E-state index in [1.54, 1.807) is 19.3 Å². The largest absolute Gasteiger partial charge is 0.416 e. The van der Waals surface area contributed by atoms with Crippen molar-refractivity contribution in [3.8, 4) is 11.8 Å². The summed E-state index contributed by atoms with van der Waals surface area (Å²) in [5, 5.41) is 10.5. The van der Waals surface area contributed by atoms with Gasteiger partial charge in [0.2, 0.25) is 0 Å². The maximum absolute atomic E-state index is 12.8. The molecule has 5 nitrogen and oxygen atoms in total. The smallest absolute Gasteiger partial charge is 0.352 e. The zero-order valence-electron chi connectivity index (χ0n) is 17.4. The number of aromatic nitrogens is 2. The van der Waals surface area contributed by atoms with Crippen LogP contribution in [0.25, 0.3) is 0 Å². The standard InChI is InChI=1S/C23H22F3N5.HI/c1-27-22(28-12-5-8-18-7-4-11-21(15-18)23(24,25)26)29-16-19-9-2-3-10-20(19)17-31-14-6-13-30-31;/h2-4,6-7,9-11,13-15H,12,16-17H2,1H3,(H2,27,28,29);1H. The van der Waals surface area contributed by atoms with Crippen molar-refractivity contribution in [3.63, 3.8) is 0 Å². The van der Waals surface area contributed by atoms with Gasteiger partial charge in [-0.3, -0.25) is 9.67 Å². The highest BCUT2D eigenvalue weighted by atomic mass is 127. The molecule has 0 aliphatic carbocycles. The first-order valence-corrected chi connectivity index (χ1v) is 9.60. The third-order valence-corrected chi connectivity index (χ3v) is 4.45. The number of benzene rings is 2. The van der Waals surface area contributed by atoms with E-state index < -0.39 is 11.7 Å². The predicted molar refractivity (Wildman–Crippen MR) is 130 cm³/mol. The van der Waals surface area contributed by atoms with E-state index in [-0.39, 0.29) is 30.5 Å². The molecule has 1 heterocycles. The van der Waals surface area contributed by atoms with Gasteiger partial charge in [-0.05, 0) is 35.4 Å². The fraction of sp³-hybridized carbons (Fsp3) is 0.217. The number of guanidine groups is 1. The van der Waals surface area contributed by atoms with Crippen molar-refractivity contribution in [2.24, 2.45) is 4.99 Å². The number of halogens is 4. The molecular weight excluding hydrogens is 530 g/mol. The molecule has 0 unspecified atom stereocenters. The lowest BCUT2D eigenvalue weighted by Crippen LogP contribution is -2.37. The molecule has 2 N–H and O–H groups in total. The first kappa shape index (κ1) is 25.3. The average molecular weight is 553 g/mol. The maximum Gasteiger partial charge on any atom is 0.416 e. The normalized spacial score (nSPS) is 11.2. The van der Waals surface area contributed by atoms with Crippen LogP contribution >= 0.6 is 24.0 Å². The number of hydrogen-bond donors (Lipinski definition) is 2. The van der Waals surface area contributed by atoms with Crippen molar-refractivity contribution in [2.75, 3.05) is 13.6 Å². The Morgan fingerprint density at radius 1 is 1.06 bits per heavy atom. The van der Waals surface area contributed by atoms with Crippen LogP contribution in [0, 0.1) is 11.8 Å². The summed E-state index contributed by atoms with van der Waals surface area (Å²) in [6.45, 7) is 1.46. The van der Waals surface area contributed by atoms with E-state index in [1.807, 2.05) is 35.1 Å². The highest BCUT2D eigenvalue weighted by Crippen LogP contribution is 2.29. The molecule has 2 aromatic carbocycles. The lowest BCUT2D eigenvalue weighted by Gasteiger charge is -2.13. The van der Waals surface area contributed by atoms with Gasteiger partial charge in [0.05, 0.1) is 18.7 Å². The number of aliphatic imine (C=N–C) groups is 1. The van der Waals surface area contributed by atoms with E-state index in [0.717, 1.165) is 23.3 Å². The molecule has 0 radical (unpaired) electrons. The number of alkyl halides is 3. The van der Waals surface area contributed by atoms with Crippen LogP contribution in [0.1, 0.15) is 22.3 Å². The van der Waals surface area contributed by atoms with E-state index >= 15 is 0 Å². The van der Waals surface area contributed by atoms with Crippen LogP contribution in [-0.4, -0.2) is 29.3 Å². The molecule has 0 atom stereocenters. The minimum atomic E-state index is -4.38. The fourth-order valence-electron chi connectivity index (χ4n) is 2.90. The molecule has 0 bridgehead atoms. The second-order valence-electron chi connectivity index (χ2n) is 6.63. The monoisotopic (exact) mass is 553 g/mol. The molecule has 0 saturated carbocycles. The number of nitrogens with one attached hydrogen (secondary N) is 2. The van der Waals surface area contributed by atoms with E-state index in [4.69, 9.17) is 0 Å². The van der Waals surface area contributed by atoms with Crippen LogP contribution in [0.15, 0.2) is 72.0 Å². The molecule has 168 valence electrons. The number of rotatable bonds is 5. The van der Waals surface area contributed by atoms with Gasteiger partial charge in [-0.2, -0.15) is 18.3 Å². The van der Waals surface area contributed by atoms with E-state index in [2.05, 4.69) is 38.6 Å². The summed E-state index contributed by atoms with van der Waals surface area (Å²) in [6.07, 6.45) is -0.726. The number of hydrogen-bond acceptors (Lipinski definition) is 2. The van der Waals surface area contributed by atoms with Crippen LogP contribution in [0.3, 0.4) is 0 Å². The summed E-state index contributed by atoms with van der Waals surface area (Å²) in [4.78, 5) is 4.16. The summed E-state index contributed by atoms with van der Waals surface area (Å²) < 4.78 is 40.2. The quantitative estimate of drug-likeness (QED) is 0.215. The molecule has 0 saturated heterocycles. The maximum atomic E-state index is 12.8. The molecule has 32 heavy (non-hydrogen) atoms. The first-order valence-electron chi connectivity index (χ1n) is 9.60. The summed E-state index contributed by atoms with van der Waals surface area (Å²) >= 11 is 0. The molecule has 0 fully saturated rings. The molecule has 9 heteroatoms. The molecule has 1 aromatic heterocycles. The van der Waals surface area contributed by atoms with Crippen molar-refractivity contribution >= 4 is 29.9 Å². The minimum absolute atomic E-state index is 0. The van der Waals surface area contributed by atoms with E-state index in [9.17, 15) is 13.2 Å². The average Bonchev–Trinajstić information content (AvgIpc) is 3.27. The Labute approximate surface area is 202 Å². The Morgan fingerprint density at radius 2 is 1.84 bits per heavy atom. The van der Waals surface area contributed by atoms with Gasteiger partial charge in [0.15, 0.2) is 5.96 Å².